The van der Waals surface area contributed by atoms with Crippen molar-refractivity contribution in [1.82, 2.24) is 5.32 Å². The first kappa shape index (κ1) is 12.2. The van der Waals surface area contributed by atoms with E-state index in [9.17, 15) is 18.0 Å². The third-order valence-electron chi connectivity index (χ3n) is 1.44. The second-order valence-corrected chi connectivity index (χ2v) is 2.95. The van der Waals surface area contributed by atoms with E-state index in [1.807, 2.05) is 0 Å². The van der Waals surface area contributed by atoms with E-state index in [0.717, 1.165) is 0 Å². The second-order valence-electron chi connectivity index (χ2n) is 2.95. The Balaban J connectivity index is 3.88. The Morgan fingerprint density at radius 2 is 1.92 bits per heavy atom. The van der Waals surface area contributed by atoms with Crippen LogP contribution in [0.2, 0.25) is 0 Å². The lowest BCUT2D eigenvalue weighted by atomic mass is 10.2. The van der Waals surface area contributed by atoms with E-state index in [4.69, 9.17) is 5.11 Å². The fourth-order valence-electron chi connectivity index (χ4n) is 0.904. The molecule has 0 aromatic carbocycles. The summed E-state index contributed by atoms with van der Waals surface area (Å²) in [6.45, 7) is 2.60. The van der Waals surface area contributed by atoms with Gasteiger partial charge in [-0.25, -0.2) is 0 Å². The maximum absolute atomic E-state index is 11.8. The van der Waals surface area contributed by atoms with Gasteiger partial charge < -0.3 is 10.4 Å². The van der Waals surface area contributed by atoms with Gasteiger partial charge in [0.2, 0.25) is 0 Å². The molecule has 0 radical (unpaired) electrons. The fraction of sp³-hybridized carbons (Fsp3) is 0.857. The maximum atomic E-state index is 11.8. The quantitative estimate of drug-likeness (QED) is 0.719. The van der Waals surface area contributed by atoms with E-state index < -0.39 is 30.7 Å². The van der Waals surface area contributed by atoms with Crippen LogP contribution in [0, 0.1) is 0 Å². The van der Waals surface area contributed by atoms with E-state index in [-0.39, 0.29) is 0 Å². The minimum Gasteiger partial charge on any atom is -0.480 e. The average molecular weight is 199 g/mol. The second kappa shape index (κ2) is 4.45. The van der Waals surface area contributed by atoms with E-state index in [2.05, 4.69) is 5.32 Å². The summed E-state index contributed by atoms with van der Waals surface area (Å²) in [6.07, 6.45) is -5.28. The lowest BCUT2D eigenvalue weighted by molar-refractivity contribution is -0.145. The van der Waals surface area contributed by atoms with Crippen molar-refractivity contribution in [2.75, 3.05) is 0 Å². The maximum Gasteiger partial charge on any atom is 0.390 e. The fourth-order valence-corrected chi connectivity index (χ4v) is 0.904. The minimum atomic E-state index is -4.26. The third-order valence-corrected chi connectivity index (χ3v) is 1.44. The van der Waals surface area contributed by atoms with Gasteiger partial charge in [0.25, 0.3) is 0 Å². The van der Waals surface area contributed by atoms with Crippen molar-refractivity contribution >= 4 is 5.97 Å². The minimum absolute atomic E-state index is 0.883. The van der Waals surface area contributed by atoms with Crippen LogP contribution in [0.25, 0.3) is 0 Å². The molecule has 78 valence electrons. The van der Waals surface area contributed by atoms with Crippen LogP contribution >= 0.6 is 0 Å². The first-order valence-electron chi connectivity index (χ1n) is 3.78. The van der Waals surface area contributed by atoms with Crippen LogP contribution in [0.15, 0.2) is 0 Å². The number of alkyl halides is 3. The molecule has 2 unspecified atom stereocenters. The van der Waals surface area contributed by atoms with Crippen LogP contribution in [-0.4, -0.2) is 29.3 Å². The molecule has 13 heavy (non-hydrogen) atoms. The molecular weight excluding hydrogens is 187 g/mol. The summed E-state index contributed by atoms with van der Waals surface area (Å²) in [5.74, 6) is -1.16. The summed E-state index contributed by atoms with van der Waals surface area (Å²) in [7, 11) is 0. The van der Waals surface area contributed by atoms with Gasteiger partial charge in [0.1, 0.15) is 6.04 Å². The lowest BCUT2D eigenvalue weighted by Gasteiger charge is -2.18. The number of hydrogen-bond acceptors (Lipinski definition) is 2. The highest BCUT2D eigenvalue weighted by Crippen LogP contribution is 2.21. The van der Waals surface area contributed by atoms with Crippen LogP contribution in [0.5, 0.6) is 0 Å². The highest BCUT2D eigenvalue weighted by molar-refractivity contribution is 5.72. The Hall–Kier alpha value is -0.780. The lowest BCUT2D eigenvalue weighted by Crippen LogP contribution is -2.41. The molecule has 0 bridgehead atoms. The van der Waals surface area contributed by atoms with Gasteiger partial charge >= 0.3 is 12.1 Å². The number of rotatable bonds is 4. The molecule has 0 rings (SSSR count). The van der Waals surface area contributed by atoms with Crippen LogP contribution in [0.4, 0.5) is 13.2 Å². The Morgan fingerprint density at radius 3 is 2.23 bits per heavy atom. The number of hydrogen-bond donors (Lipinski definition) is 2. The number of nitrogens with one attached hydrogen (secondary N) is 1. The summed E-state index contributed by atoms with van der Waals surface area (Å²) in [5, 5.41) is 10.7. The molecule has 0 aromatic heterocycles. The van der Waals surface area contributed by atoms with Gasteiger partial charge in [-0.1, -0.05) is 0 Å². The summed E-state index contributed by atoms with van der Waals surface area (Å²) >= 11 is 0. The molecule has 0 amide bonds. The summed E-state index contributed by atoms with van der Waals surface area (Å²) in [4.78, 5) is 10.3. The van der Waals surface area contributed by atoms with Crippen molar-refractivity contribution in [3.63, 3.8) is 0 Å². The Bertz CT molecular complexity index is 181. The van der Waals surface area contributed by atoms with Crippen molar-refractivity contribution in [1.29, 1.82) is 0 Å². The summed E-state index contributed by atoms with van der Waals surface area (Å²) < 4.78 is 35.3. The molecule has 0 aromatic rings. The molecule has 0 heterocycles. The number of carbonyl (C=O) groups is 1. The molecule has 0 aliphatic rings. The topological polar surface area (TPSA) is 49.3 Å². The molecular formula is C7H12F3NO2. The Labute approximate surface area is 73.9 Å². The van der Waals surface area contributed by atoms with Crippen molar-refractivity contribution in [2.24, 2.45) is 0 Å². The van der Waals surface area contributed by atoms with E-state index in [1.165, 1.54) is 13.8 Å². The summed E-state index contributed by atoms with van der Waals surface area (Å²) in [6, 6.07) is -1.84. The van der Waals surface area contributed by atoms with Crippen molar-refractivity contribution in [2.45, 2.75) is 38.5 Å². The first-order valence-corrected chi connectivity index (χ1v) is 3.78. The van der Waals surface area contributed by atoms with Gasteiger partial charge in [-0.2, -0.15) is 13.2 Å². The zero-order chi connectivity index (χ0) is 10.6. The standard InChI is InChI=1S/C7H12F3NO2/c1-4(3-7(8,9)10)11-5(2)6(12)13/h4-5,11H,3H2,1-2H3,(H,12,13). The molecule has 0 fully saturated rings. The number of aliphatic carboxylic acids is 1. The highest BCUT2D eigenvalue weighted by Gasteiger charge is 2.30. The molecule has 0 spiro atoms. The normalized spacial score (nSPS) is 16.7. The number of carboxylic acids is 1. The molecule has 3 nitrogen and oxygen atoms in total. The predicted octanol–water partition coefficient (Wildman–Crippen LogP) is 1.39. The highest BCUT2D eigenvalue weighted by atomic mass is 19.4. The predicted molar refractivity (Wildman–Crippen MR) is 40.4 cm³/mol. The van der Waals surface area contributed by atoms with Gasteiger partial charge in [0.15, 0.2) is 0 Å². The van der Waals surface area contributed by atoms with Gasteiger partial charge in [0, 0.05) is 6.04 Å². The Morgan fingerprint density at radius 1 is 1.46 bits per heavy atom. The van der Waals surface area contributed by atoms with Crippen LogP contribution in [-0.2, 0) is 4.79 Å². The third kappa shape index (κ3) is 6.39. The average Bonchev–Trinajstić information content (AvgIpc) is 1.81. The smallest absolute Gasteiger partial charge is 0.390 e. The van der Waals surface area contributed by atoms with Gasteiger partial charge in [0.05, 0.1) is 6.42 Å². The Kier molecular flexibility index (Phi) is 4.19. The van der Waals surface area contributed by atoms with Crippen LogP contribution < -0.4 is 5.32 Å². The first-order chi connectivity index (χ1) is 5.72. The molecule has 2 N–H and O–H groups in total. The molecule has 0 aliphatic carbocycles. The van der Waals surface area contributed by atoms with Crippen molar-refractivity contribution < 1.29 is 23.1 Å². The van der Waals surface area contributed by atoms with Gasteiger partial charge in [-0.3, -0.25) is 4.79 Å². The number of halogens is 3. The SMILES string of the molecule is CC(CC(F)(F)F)NC(C)C(=O)O. The molecule has 6 heteroatoms. The zero-order valence-electron chi connectivity index (χ0n) is 7.35. The van der Waals surface area contributed by atoms with Crippen LogP contribution in [0.3, 0.4) is 0 Å². The van der Waals surface area contributed by atoms with Gasteiger partial charge in [-0.15, -0.1) is 0 Å². The number of carboxylic acid groups (broad SMARTS) is 1. The van der Waals surface area contributed by atoms with Crippen LogP contribution in [0.1, 0.15) is 20.3 Å². The molecule has 0 saturated heterocycles. The largest absolute Gasteiger partial charge is 0.480 e. The summed E-state index contributed by atoms with van der Waals surface area (Å²) in [5.41, 5.74) is 0. The molecule has 0 saturated carbocycles. The molecule has 0 aliphatic heterocycles. The monoisotopic (exact) mass is 199 g/mol. The van der Waals surface area contributed by atoms with Crippen molar-refractivity contribution in [3.8, 4) is 0 Å². The van der Waals surface area contributed by atoms with E-state index >= 15 is 0 Å². The van der Waals surface area contributed by atoms with Gasteiger partial charge in [-0.05, 0) is 13.8 Å². The van der Waals surface area contributed by atoms with E-state index in [0.29, 0.717) is 0 Å². The zero-order valence-corrected chi connectivity index (χ0v) is 7.35. The molecule has 2 atom stereocenters. The van der Waals surface area contributed by atoms with Crippen molar-refractivity contribution in [3.05, 3.63) is 0 Å². The van der Waals surface area contributed by atoms with E-state index in [1.54, 1.807) is 0 Å².